The third-order valence-electron chi connectivity index (χ3n) is 5.07. The van der Waals surface area contributed by atoms with Crippen LogP contribution in [0.5, 0.6) is 0 Å². The number of carboxylic acid groups (broad SMARTS) is 1. The normalized spacial score (nSPS) is 34.0. The van der Waals surface area contributed by atoms with Gasteiger partial charge in [-0.2, -0.15) is 0 Å². The Bertz CT molecular complexity index is 340. The fourth-order valence-electron chi connectivity index (χ4n) is 3.90. The Balaban J connectivity index is 1.93. The first-order chi connectivity index (χ1) is 10.1. The second kappa shape index (κ2) is 7.56. The molecule has 1 heterocycles. The zero-order valence-electron chi connectivity index (χ0n) is 13.4. The number of rotatable bonds is 6. The molecule has 2 rings (SSSR count). The molecule has 0 radical (unpaired) electrons. The molecule has 3 unspecified atom stereocenters. The maximum absolute atomic E-state index is 11.7. The predicted octanol–water partition coefficient (Wildman–Crippen LogP) is 1.72. The van der Waals surface area contributed by atoms with Gasteiger partial charge in [-0.25, -0.2) is 0 Å². The number of nitrogens with one attached hydrogen (secondary N) is 1. The molecule has 0 aromatic rings. The highest BCUT2D eigenvalue weighted by molar-refractivity contribution is 5.79. The zero-order valence-corrected chi connectivity index (χ0v) is 13.4. The number of likely N-dealkylation sites (N-methyl/N-ethyl adjacent to an activating group) is 1. The summed E-state index contributed by atoms with van der Waals surface area (Å²) in [7, 11) is 2.14. The van der Waals surface area contributed by atoms with Crippen LogP contribution in [0.3, 0.4) is 0 Å². The van der Waals surface area contributed by atoms with Gasteiger partial charge < -0.3 is 20.1 Å². The minimum atomic E-state index is -0.727. The van der Waals surface area contributed by atoms with Gasteiger partial charge in [0, 0.05) is 19.2 Å². The number of nitrogens with zero attached hydrogens (tertiary/aromatic N) is 1. The van der Waals surface area contributed by atoms with Crippen LogP contribution in [0, 0.1) is 5.92 Å². The summed E-state index contributed by atoms with van der Waals surface area (Å²) in [5.74, 6) is -0.0903. The standard InChI is InChI=1S/C16H30N2O3/c1-3-17-16(15(19)20)8-4-7-14(10-16)18(2)11-13-6-5-9-21-12-13/h13-14,17H,3-12H2,1-2H3,(H,19,20). The minimum absolute atomic E-state index is 0.357. The number of hydrogen-bond donors (Lipinski definition) is 2. The highest BCUT2D eigenvalue weighted by Crippen LogP contribution is 2.32. The maximum atomic E-state index is 11.7. The van der Waals surface area contributed by atoms with Crippen LogP contribution < -0.4 is 5.32 Å². The molecule has 2 aliphatic rings. The maximum Gasteiger partial charge on any atom is 0.323 e. The SMILES string of the molecule is CCNC1(C(=O)O)CCCC(N(C)CC2CCCOC2)C1. The van der Waals surface area contributed by atoms with Crippen LogP contribution in [0.15, 0.2) is 0 Å². The van der Waals surface area contributed by atoms with E-state index in [0.29, 0.717) is 24.9 Å². The molecule has 2 fully saturated rings. The van der Waals surface area contributed by atoms with Crippen LogP contribution >= 0.6 is 0 Å². The third-order valence-corrected chi connectivity index (χ3v) is 5.07. The van der Waals surface area contributed by atoms with Crippen molar-refractivity contribution in [2.75, 3.05) is 33.4 Å². The molecule has 0 amide bonds. The van der Waals surface area contributed by atoms with Gasteiger partial charge in [-0.3, -0.25) is 4.79 Å². The molecule has 0 aromatic heterocycles. The Hall–Kier alpha value is -0.650. The fourth-order valence-corrected chi connectivity index (χ4v) is 3.90. The number of aliphatic carboxylic acids is 1. The quantitative estimate of drug-likeness (QED) is 0.782. The van der Waals surface area contributed by atoms with Gasteiger partial charge in [-0.15, -0.1) is 0 Å². The van der Waals surface area contributed by atoms with E-state index in [1.165, 1.54) is 6.42 Å². The van der Waals surface area contributed by atoms with E-state index in [-0.39, 0.29) is 0 Å². The van der Waals surface area contributed by atoms with Crippen LogP contribution in [0.2, 0.25) is 0 Å². The lowest BCUT2D eigenvalue weighted by Gasteiger charge is -2.42. The highest BCUT2D eigenvalue weighted by atomic mass is 16.5. The zero-order chi connectivity index (χ0) is 15.3. The van der Waals surface area contributed by atoms with E-state index in [1.807, 2.05) is 6.92 Å². The average molecular weight is 298 g/mol. The third kappa shape index (κ3) is 4.18. The molecular formula is C16H30N2O3. The molecule has 0 bridgehead atoms. The van der Waals surface area contributed by atoms with Crippen LogP contribution in [0.4, 0.5) is 0 Å². The second-order valence-corrected chi connectivity index (χ2v) is 6.69. The monoisotopic (exact) mass is 298 g/mol. The predicted molar refractivity (Wildman–Crippen MR) is 82.5 cm³/mol. The lowest BCUT2D eigenvalue weighted by molar-refractivity contribution is -0.147. The summed E-state index contributed by atoms with van der Waals surface area (Å²) < 4.78 is 5.55. The first-order valence-corrected chi connectivity index (χ1v) is 8.34. The molecular weight excluding hydrogens is 268 g/mol. The molecule has 21 heavy (non-hydrogen) atoms. The Morgan fingerprint density at radius 2 is 2.24 bits per heavy atom. The van der Waals surface area contributed by atoms with Gasteiger partial charge in [-0.05, 0) is 58.0 Å². The van der Waals surface area contributed by atoms with Crippen molar-refractivity contribution in [1.29, 1.82) is 0 Å². The second-order valence-electron chi connectivity index (χ2n) is 6.69. The van der Waals surface area contributed by atoms with Gasteiger partial charge in [0.05, 0.1) is 6.61 Å². The molecule has 5 nitrogen and oxygen atoms in total. The van der Waals surface area contributed by atoms with Crippen LogP contribution in [-0.2, 0) is 9.53 Å². The van der Waals surface area contributed by atoms with Crippen LogP contribution in [0.1, 0.15) is 45.4 Å². The van der Waals surface area contributed by atoms with Crippen LogP contribution in [0.25, 0.3) is 0 Å². The molecule has 3 atom stereocenters. The summed E-state index contributed by atoms with van der Waals surface area (Å²) in [5, 5.41) is 12.9. The van der Waals surface area contributed by atoms with Gasteiger partial charge in [-0.1, -0.05) is 6.92 Å². The first-order valence-electron chi connectivity index (χ1n) is 8.34. The summed E-state index contributed by atoms with van der Waals surface area (Å²) in [6.07, 6.45) is 5.92. The molecule has 5 heteroatoms. The Kier molecular flexibility index (Phi) is 6.02. The van der Waals surface area contributed by atoms with E-state index in [0.717, 1.165) is 45.4 Å². The molecule has 0 spiro atoms. The van der Waals surface area contributed by atoms with Gasteiger partial charge >= 0.3 is 5.97 Å². The summed E-state index contributed by atoms with van der Waals surface area (Å²) >= 11 is 0. The summed E-state index contributed by atoms with van der Waals surface area (Å²) in [6, 6.07) is 0.357. The highest BCUT2D eigenvalue weighted by Gasteiger charge is 2.43. The fraction of sp³-hybridized carbons (Fsp3) is 0.938. The van der Waals surface area contributed by atoms with Gasteiger partial charge in [0.2, 0.25) is 0 Å². The van der Waals surface area contributed by atoms with Crippen molar-refractivity contribution >= 4 is 5.97 Å². The van der Waals surface area contributed by atoms with Gasteiger partial charge in [0.15, 0.2) is 0 Å². The smallest absolute Gasteiger partial charge is 0.323 e. The number of carboxylic acids is 1. The molecule has 1 saturated carbocycles. The van der Waals surface area contributed by atoms with Gasteiger partial charge in [0.25, 0.3) is 0 Å². The van der Waals surface area contributed by atoms with E-state index in [4.69, 9.17) is 4.74 Å². The van der Waals surface area contributed by atoms with Crippen molar-refractivity contribution in [3.8, 4) is 0 Å². The number of hydrogen-bond acceptors (Lipinski definition) is 4. The molecule has 1 aliphatic heterocycles. The largest absolute Gasteiger partial charge is 0.480 e. The minimum Gasteiger partial charge on any atom is -0.480 e. The summed E-state index contributed by atoms with van der Waals surface area (Å²) in [5.41, 5.74) is -0.727. The van der Waals surface area contributed by atoms with Crippen molar-refractivity contribution in [1.82, 2.24) is 10.2 Å². The Labute approximate surface area is 128 Å². The average Bonchev–Trinajstić information content (AvgIpc) is 2.48. The first kappa shape index (κ1) is 16.7. The number of carbonyl (C=O) groups is 1. The van der Waals surface area contributed by atoms with E-state index in [9.17, 15) is 9.90 Å². The van der Waals surface area contributed by atoms with E-state index >= 15 is 0 Å². The molecule has 1 aliphatic carbocycles. The Morgan fingerprint density at radius 3 is 2.86 bits per heavy atom. The van der Waals surface area contributed by atoms with E-state index < -0.39 is 11.5 Å². The van der Waals surface area contributed by atoms with E-state index in [2.05, 4.69) is 17.3 Å². The summed E-state index contributed by atoms with van der Waals surface area (Å²) in [6.45, 7) is 5.46. The molecule has 2 N–H and O–H groups in total. The molecule has 0 aromatic carbocycles. The van der Waals surface area contributed by atoms with Gasteiger partial charge in [0.1, 0.15) is 5.54 Å². The Morgan fingerprint density at radius 1 is 1.43 bits per heavy atom. The molecule has 122 valence electrons. The molecule has 1 saturated heterocycles. The van der Waals surface area contributed by atoms with Crippen LogP contribution in [-0.4, -0.2) is 60.9 Å². The van der Waals surface area contributed by atoms with Crippen molar-refractivity contribution in [2.45, 2.75) is 57.0 Å². The number of ether oxygens (including phenoxy) is 1. The topological polar surface area (TPSA) is 61.8 Å². The van der Waals surface area contributed by atoms with Crippen molar-refractivity contribution in [3.05, 3.63) is 0 Å². The van der Waals surface area contributed by atoms with Crippen molar-refractivity contribution < 1.29 is 14.6 Å². The summed E-state index contributed by atoms with van der Waals surface area (Å²) in [4.78, 5) is 14.1. The van der Waals surface area contributed by atoms with Crippen molar-refractivity contribution in [2.24, 2.45) is 5.92 Å². The van der Waals surface area contributed by atoms with E-state index in [1.54, 1.807) is 0 Å². The lowest BCUT2D eigenvalue weighted by Crippen LogP contribution is -2.58. The van der Waals surface area contributed by atoms with Crippen molar-refractivity contribution in [3.63, 3.8) is 0 Å². The lowest BCUT2D eigenvalue weighted by atomic mass is 9.78.